The fourth-order valence-electron chi connectivity index (χ4n) is 2.01. The molecule has 0 unspecified atom stereocenters. The lowest BCUT2D eigenvalue weighted by molar-refractivity contribution is 0.0991. The number of nitrogens with zero attached hydrogens (tertiary/aromatic N) is 2. The summed E-state index contributed by atoms with van der Waals surface area (Å²) in [6.07, 6.45) is 3.18. The van der Waals surface area contributed by atoms with Crippen LogP contribution in [0.4, 0.5) is 0 Å². The van der Waals surface area contributed by atoms with Crippen LogP contribution >= 0.6 is 0 Å². The predicted molar refractivity (Wildman–Crippen MR) is 82.9 cm³/mol. The molecule has 4 heteroatoms. The van der Waals surface area contributed by atoms with Crippen molar-refractivity contribution in [3.05, 3.63) is 47.8 Å². The number of aromatic nitrogens is 2. The molecule has 112 valence electrons. The summed E-state index contributed by atoms with van der Waals surface area (Å²) in [5.41, 5.74) is 1.47. The van der Waals surface area contributed by atoms with E-state index in [1.54, 1.807) is 6.07 Å². The molecule has 0 saturated carbocycles. The van der Waals surface area contributed by atoms with Gasteiger partial charge in [-0.25, -0.2) is 0 Å². The van der Waals surface area contributed by atoms with Crippen molar-refractivity contribution in [3.8, 4) is 5.75 Å². The molecule has 0 N–H and O–H groups in total. The Balaban J connectivity index is 2.05. The quantitative estimate of drug-likeness (QED) is 0.729. The molecule has 1 aromatic heterocycles. The third kappa shape index (κ3) is 4.18. The number of carbonyl (C=O) groups excluding carboxylic acids is 1. The van der Waals surface area contributed by atoms with E-state index in [0.717, 1.165) is 17.9 Å². The van der Waals surface area contributed by atoms with Gasteiger partial charge in [0.2, 0.25) is 0 Å². The van der Waals surface area contributed by atoms with Gasteiger partial charge in [-0.3, -0.25) is 9.48 Å². The van der Waals surface area contributed by atoms with Crippen molar-refractivity contribution in [1.29, 1.82) is 0 Å². The highest BCUT2D eigenvalue weighted by atomic mass is 16.5. The lowest BCUT2D eigenvalue weighted by atomic mass is 10.1. The highest BCUT2D eigenvalue weighted by Crippen LogP contribution is 2.16. The summed E-state index contributed by atoms with van der Waals surface area (Å²) in [4.78, 5) is 12.3. The molecule has 0 bridgehead atoms. The van der Waals surface area contributed by atoms with Gasteiger partial charge in [0.15, 0.2) is 5.78 Å². The van der Waals surface area contributed by atoms with Crippen molar-refractivity contribution in [2.24, 2.45) is 0 Å². The molecule has 0 aliphatic carbocycles. The van der Waals surface area contributed by atoms with E-state index in [4.69, 9.17) is 4.74 Å². The van der Waals surface area contributed by atoms with Gasteiger partial charge in [-0.05, 0) is 38.5 Å². The van der Waals surface area contributed by atoms with Gasteiger partial charge in [0, 0.05) is 17.8 Å². The molecular weight excluding hydrogens is 264 g/mol. The van der Waals surface area contributed by atoms with Gasteiger partial charge < -0.3 is 4.74 Å². The zero-order chi connectivity index (χ0) is 15.2. The van der Waals surface area contributed by atoms with Gasteiger partial charge in [-0.1, -0.05) is 19.1 Å². The van der Waals surface area contributed by atoms with Gasteiger partial charge in [0.1, 0.15) is 5.75 Å². The van der Waals surface area contributed by atoms with Crippen LogP contribution in [0.1, 0.15) is 49.3 Å². The predicted octanol–water partition coefficient (Wildman–Crippen LogP) is 3.68. The van der Waals surface area contributed by atoms with Gasteiger partial charge >= 0.3 is 0 Å². The van der Waals surface area contributed by atoms with Crippen LogP contribution in [-0.4, -0.2) is 22.2 Å². The standard InChI is InChI=1S/C17H22N2O2/c1-4-10-21-16-7-5-6-14(11-16)17(20)12-15-8-9-19(18-15)13(2)3/h5-9,11,13H,4,10,12H2,1-3H3. The fraction of sp³-hybridized carbons (Fsp3) is 0.412. The molecule has 0 fully saturated rings. The average Bonchev–Trinajstić information content (AvgIpc) is 2.94. The Morgan fingerprint density at radius 2 is 2.14 bits per heavy atom. The summed E-state index contributed by atoms with van der Waals surface area (Å²) in [7, 11) is 0. The maximum absolute atomic E-state index is 12.3. The first kappa shape index (κ1) is 15.3. The molecule has 1 aromatic carbocycles. The molecule has 21 heavy (non-hydrogen) atoms. The molecule has 0 aliphatic rings. The number of rotatable bonds is 7. The van der Waals surface area contributed by atoms with Crippen LogP contribution in [0.3, 0.4) is 0 Å². The minimum atomic E-state index is 0.0611. The minimum absolute atomic E-state index is 0.0611. The zero-order valence-corrected chi connectivity index (χ0v) is 12.9. The van der Waals surface area contributed by atoms with Gasteiger partial charge in [-0.15, -0.1) is 0 Å². The third-order valence-electron chi connectivity index (χ3n) is 3.16. The molecule has 1 heterocycles. The number of hydrogen-bond donors (Lipinski definition) is 0. The van der Waals surface area contributed by atoms with E-state index in [9.17, 15) is 4.79 Å². The summed E-state index contributed by atoms with van der Waals surface area (Å²) in [5.74, 6) is 0.807. The Kier molecular flexibility index (Phi) is 5.14. The smallest absolute Gasteiger partial charge is 0.169 e. The van der Waals surface area contributed by atoms with Crippen molar-refractivity contribution < 1.29 is 9.53 Å². The molecule has 0 aliphatic heterocycles. The molecule has 2 rings (SSSR count). The summed E-state index contributed by atoms with van der Waals surface area (Å²) in [6, 6.07) is 9.55. The molecule has 0 spiro atoms. The maximum atomic E-state index is 12.3. The van der Waals surface area contributed by atoms with Crippen LogP contribution in [0.5, 0.6) is 5.75 Å². The normalized spacial score (nSPS) is 10.9. The van der Waals surface area contributed by atoms with Crippen molar-refractivity contribution in [1.82, 2.24) is 9.78 Å². The Morgan fingerprint density at radius 3 is 2.81 bits per heavy atom. The second kappa shape index (κ2) is 7.07. The lowest BCUT2D eigenvalue weighted by Crippen LogP contribution is -2.07. The van der Waals surface area contributed by atoms with Crippen LogP contribution in [0.2, 0.25) is 0 Å². The number of carbonyl (C=O) groups is 1. The van der Waals surface area contributed by atoms with Crippen LogP contribution in [-0.2, 0) is 6.42 Å². The Hall–Kier alpha value is -2.10. The van der Waals surface area contributed by atoms with Gasteiger partial charge in [0.05, 0.1) is 18.7 Å². The summed E-state index contributed by atoms with van der Waals surface area (Å²) in [5, 5.41) is 4.41. The van der Waals surface area contributed by atoms with E-state index < -0.39 is 0 Å². The monoisotopic (exact) mass is 286 g/mol. The molecular formula is C17H22N2O2. The molecule has 2 aromatic rings. The first-order valence-corrected chi connectivity index (χ1v) is 7.40. The number of hydrogen-bond acceptors (Lipinski definition) is 3. The van der Waals surface area contributed by atoms with Crippen LogP contribution in [0, 0.1) is 0 Å². The SMILES string of the molecule is CCCOc1cccc(C(=O)Cc2ccn(C(C)C)n2)c1. The summed E-state index contributed by atoms with van der Waals surface area (Å²) in [6.45, 7) is 6.84. The van der Waals surface area contributed by atoms with Crippen molar-refractivity contribution in [3.63, 3.8) is 0 Å². The van der Waals surface area contributed by atoms with Crippen molar-refractivity contribution in [2.75, 3.05) is 6.61 Å². The summed E-state index contributed by atoms with van der Waals surface area (Å²) < 4.78 is 7.42. The van der Waals surface area contributed by atoms with Gasteiger partial charge in [0.25, 0.3) is 0 Å². The first-order valence-electron chi connectivity index (χ1n) is 7.40. The van der Waals surface area contributed by atoms with E-state index in [0.29, 0.717) is 24.6 Å². The number of Topliss-reactive ketones (excluding diaryl/α,β-unsaturated/α-hetero) is 1. The Labute approximate surface area is 125 Å². The Morgan fingerprint density at radius 1 is 1.33 bits per heavy atom. The zero-order valence-electron chi connectivity index (χ0n) is 12.9. The topological polar surface area (TPSA) is 44.1 Å². The largest absolute Gasteiger partial charge is 0.494 e. The molecule has 0 atom stereocenters. The highest BCUT2D eigenvalue weighted by molar-refractivity contribution is 5.97. The van der Waals surface area contributed by atoms with Crippen molar-refractivity contribution in [2.45, 2.75) is 39.7 Å². The second-order valence-corrected chi connectivity index (χ2v) is 5.36. The first-order chi connectivity index (χ1) is 10.1. The van der Waals surface area contributed by atoms with E-state index in [1.807, 2.05) is 35.1 Å². The molecule has 0 amide bonds. The Bertz CT molecular complexity index is 602. The van der Waals surface area contributed by atoms with Gasteiger partial charge in [-0.2, -0.15) is 5.10 Å². The summed E-state index contributed by atoms with van der Waals surface area (Å²) >= 11 is 0. The number of ether oxygens (including phenoxy) is 1. The van der Waals surface area contributed by atoms with E-state index in [1.165, 1.54) is 0 Å². The number of benzene rings is 1. The van der Waals surface area contributed by atoms with E-state index >= 15 is 0 Å². The fourth-order valence-corrected chi connectivity index (χ4v) is 2.01. The molecule has 4 nitrogen and oxygen atoms in total. The van der Waals surface area contributed by atoms with Crippen molar-refractivity contribution >= 4 is 5.78 Å². The average molecular weight is 286 g/mol. The van der Waals surface area contributed by atoms with Crippen LogP contribution < -0.4 is 4.74 Å². The maximum Gasteiger partial charge on any atom is 0.169 e. The van der Waals surface area contributed by atoms with E-state index in [2.05, 4.69) is 25.9 Å². The van der Waals surface area contributed by atoms with Crippen LogP contribution in [0.15, 0.2) is 36.5 Å². The minimum Gasteiger partial charge on any atom is -0.494 e. The number of ketones is 1. The van der Waals surface area contributed by atoms with Crippen LogP contribution in [0.25, 0.3) is 0 Å². The third-order valence-corrected chi connectivity index (χ3v) is 3.16. The molecule has 0 radical (unpaired) electrons. The van der Waals surface area contributed by atoms with E-state index in [-0.39, 0.29) is 5.78 Å². The lowest BCUT2D eigenvalue weighted by Gasteiger charge is -2.06. The second-order valence-electron chi connectivity index (χ2n) is 5.36. The molecule has 0 saturated heterocycles. The highest BCUT2D eigenvalue weighted by Gasteiger charge is 2.11.